The number of imide groups is 1. The van der Waals surface area contributed by atoms with Gasteiger partial charge < -0.3 is 14.1 Å². The lowest BCUT2D eigenvalue weighted by Crippen LogP contribution is -2.46. The van der Waals surface area contributed by atoms with E-state index in [1.165, 1.54) is 6.08 Å². The first-order valence-corrected chi connectivity index (χ1v) is 10.1. The zero-order valence-electron chi connectivity index (χ0n) is 15.9. The quantitative estimate of drug-likeness (QED) is 0.697. The topological polar surface area (TPSA) is 104 Å². The molecule has 0 N–H and O–H groups in total. The van der Waals surface area contributed by atoms with Gasteiger partial charge >= 0.3 is 0 Å². The van der Waals surface area contributed by atoms with Gasteiger partial charge in [-0.25, -0.2) is 0 Å². The van der Waals surface area contributed by atoms with Crippen molar-refractivity contribution in [1.29, 1.82) is 5.26 Å². The molecule has 2 aromatic rings. The number of nitrogens with zero attached hydrogens (tertiary/aromatic N) is 3. The third-order valence-corrected chi connectivity index (χ3v) is 5.65. The molecule has 0 saturated carbocycles. The van der Waals surface area contributed by atoms with Gasteiger partial charge in [-0.2, -0.15) is 5.26 Å². The van der Waals surface area contributed by atoms with Gasteiger partial charge in [0.1, 0.15) is 18.1 Å². The van der Waals surface area contributed by atoms with Crippen molar-refractivity contribution in [3.63, 3.8) is 0 Å². The Kier molecular flexibility index (Phi) is 5.70. The van der Waals surface area contributed by atoms with Gasteiger partial charge in [-0.3, -0.25) is 19.3 Å². The van der Waals surface area contributed by atoms with Crippen molar-refractivity contribution in [2.24, 2.45) is 0 Å². The van der Waals surface area contributed by atoms with Crippen LogP contribution in [0.1, 0.15) is 11.3 Å². The number of hydrogen-bond donors (Lipinski definition) is 0. The van der Waals surface area contributed by atoms with E-state index >= 15 is 0 Å². The van der Waals surface area contributed by atoms with Crippen LogP contribution >= 0.6 is 11.8 Å². The summed E-state index contributed by atoms with van der Waals surface area (Å²) in [5.41, 5.74) is 1.12. The van der Waals surface area contributed by atoms with Crippen LogP contribution in [-0.4, -0.2) is 59.7 Å². The third-order valence-electron chi connectivity index (χ3n) is 4.74. The molecule has 2 saturated heterocycles. The van der Waals surface area contributed by atoms with Crippen LogP contribution in [0.2, 0.25) is 0 Å². The molecule has 2 fully saturated rings. The number of morpholine rings is 1. The number of thioether (sulfide) groups is 1. The lowest BCUT2D eigenvalue weighted by molar-refractivity contribution is -0.139. The molecule has 152 valence electrons. The minimum Gasteiger partial charge on any atom is -0.457 e. The van der Waals surface area contributed by atoms with Gasteiger partial charge in [-0.05, 0) is 36.0 Å². The fourth-order valence-corrected chi connectivity index (χ4v) is 4.00. The summed E-state index contributed by atoms with van der Waals surface area (Å²) in [6, 6.07) is 12.5. The van der Waals surface area contributed by atoms with Crippen LogP contribution in [0, 0.1) is 11.3 Å². The van der Waals surface area contributed by atoms with Gasteiger partial charge in [0, 0.05) is 24.7 Å². The molecule has 2 aliphatic rings. The fourth-order valence-electron chi connectivity index (χ4n) is 3.18. The molecule has 4 rings (SSSR count). The van der Waals surface area contributed by atoms with Crippen LogP contribution < -0.4 is 0 Å². The maximum absolute atomic E-state index is 12.7. The van der Waals surface area contributed by atoms with E-state index in [2.05, 4.69) is 6.07 Å². The normalized spacial score (nSPS) is 18.2. The minimum absolute atomic E-state index is 0.184. The lowest BCUT2D eigenvalue weighted by atomic mass is 10.1. The lowest BCUT2D eigenvalue weighted by Gasteiger charge is -2.27. The molecule has 2 aliphatic heterocycles. The number of amides is 3. The number of furan rings is 1. The Labute approximate surface area is 176 Å². The summed E-state index contributed by atoms with van der Waals surface area (Å²) in [5, 5.41) is 8.75. The van der Waals surface area contributed by atoms with Crippen molar-refractivity contribution in [3.05, 3.63) is 52.6 Å². The molecule has 0 spiro atoms. The van der Waals surface area contributed by atoms with Crippen molar-refractivity contribution >= 4 is 34.9 Å². The maximum Gasteiger partial charge on any atom is 0.294 e. The average Bonchev–Trinajstić information content (AvgIpc) is 3.34. The largest absolute Gasteiger partial charge is 0.457 e. The van der Waals surface area contributed by atoms with Gasteiger partial charge in [0.05, 0.1) is 29.8 Å². The minimum atomic E-state index is -0.526. The summed E-state index contributed by atoms with van der Waals surface area (Å²) in [6.45, 7) is 1.50. The van der Waals surface area contributed by atoms with Crippen LogP contribution in [0.4, 0.5) is 4.79 Å². The Morgan fingerprint density at radius 3 is 2.70 bits per heavy atom. The highest BCUT2D eigenvalue weighted by Gasteiger charge is 2.37. The number of ether oxygens (including phenoxy) is 1. The molecular weight excluding hydrogens is 406 g/mol. The van der Waals surface area contributed by atoms with Crippen molar-refractivity contribution in [3.8, 4) is 17.4 Å². The predicted molar refractivity (Wildman–Crippen MR) is 109 cm³/mol. The number of benzene rings is 1. The Hall–Kier alpha value is -3.35. The Morgan fingerprint density at radius 2 is 1.93 bits per heavy atom. The highest BCUT2D eigenvalue weighted by atomic mass is 32.2. The molecule has 0 aliphatic carbocycles. The molecule has 8 nitrogen and oxygen atoms in total. The second-order valence-electron chi connectivity index (χ2n) is 6.62. The molecule has 1 aromatic carbocycles. The molecular formula is C21H17N3O5S. The van der Waals surface area contributed by atoms with Crippen LogP contribution in [0.25, 0.3) is 17.4 Å². The predicted octanol–water partition coefficient (Wildman–Crippen LogP) is 2.71. The van der Waals surface area contributed by atoms with E-state index in [9.17, 15) is 19.6 Å². The van der Waals surface area contributed by atoms with E-state index in [4.69, 9.17) is 9.15 Å². The van der Waals surface area contributed by atoms with Crippen molar-refractivity contribution in [2.45, 2.75) is 0 Å². The molecule has 0 unspecified atom stereocenters. The SMILES string of the molecule is N#Cc1ccccc1-c1ccc(/C=C2\SC(=O)N(CC(=O)N3CCOCC3)C2=O)o1. The summed E-state index contributed by atoms with van der Waals surface area (Å²) in [6.07, 6.45) is 1.47. The maximum atomic E-state index is 12.7. The molecule has 3 heterocycles. The number of carbonyl (C=O) groups is 3. The fraction of sp³-hybridized carbons (Fsp3) is 0.238. The number of nitriles is 1. The van der Waals surface area contributed by atoms with Crippen LogP contribution in [-0.2, 0) is 14.3 Å². The first-order valence-electron chi connectivity index (χ1n) is 9.27. The van der Waals surface area contributed by atoms with Gasteiger partial charge in [-0.1, -0.05) is 12.1 Å². The standard InChI is InChI=1S/C21H17N3O5S/c22-12-14-3-1-2-4-16(14)17-6-5-15(29-17)11-18-20(26)24(21(27)30-18)13-19(25)23-7-9-28-10-8-23/h1-6,11H,7-10,13H2/b18-11-. The zero-order valence-corrected chi connectivity index (χ0v) is 16.7. The van der Waals surface area contributed by atoms with E-state index in [-0.39, 0.29) is 17.4 Å². The van der Waals surface area contributed by atoms with Gasteiger partial charge in [-0.15, -0.1) is 0 Å². The number of carbonyl (C=O) groups excluding carboxylic acids is 3. The smallest absolute Gasteiger partial charge is 0.294 e. The van der Waals surface area contributed by atoms with Crippen LogP contribution in [0.15, 0.2) is 45.7 Å². The van der Waals surface area contributed by atoms with Gasteiger partial charge in [0.25, 0.3) is 11.1 Å². The summed E-state index contributed by atoms with van der Waals surface area (Å²) in [5.74, 6) is 0.0557. The molecule has 30 heavy (non-hydrogen) atoms. The first-order chi connectivity index (χ1) is 14.6. The highest BCUT2D eigenvalue weighted by molar-refractivity contribution is 8.18. The second kappa shape index (κ2) is 8.57. The summed E-state index contributed by atoms with van der Waals surface area (Å²) < 4.78 is 11.0. The monoisotopic (exact) mass is 423 g/mol. The van der Waals surface area contributed by atoms with E-state index in [0.717, 1.165) is 16.7 Å². The van der Waals surface area contributed by atoms with Gasteiger partial charge in [0.15, 0.2) is 0 Å². The molecule has 3 amide bonds. The number of hydrogen-bond acceptors (Lipinski definition) is 7. The molecule has 9 heteroatoms. The summed E-state index contributed by atoms with van der Waals surface area (Å²) in [4.78, 5) is 40.0. The summed E-state index contributed by atoms with van der Waals surface area (Å²) >= 11 is 0.769. The van der Waals surface area contributed by atoms with E-state index in [1.54, 1.807) is 41.3 Å². The molecule has 0 atom stereocenters. The van der Waals surface area contributed by atoms with Gasteiger partial charge in [0.2, 0.25) is 5.91 Å². The van der Waals surface area contributed by atoms with E-state index in [0.29, 0.717) is 49.0 Å². The van der Waals surface area contributed by atoms with E-state index < -0.39 is 11.1 Å². The van der Waals surface area contributed by atoms with Crippen molar-refractivity contribution in [1.82, 2.24) is 9.80 Å². The molecule has 0 bridgehead atoms. The Morgan fingerprint density at radius 1 is 1.17 bits per heavy atom. The Bertz CT molecular complexity index is 1080. The molecule has 1 aromatic heterocycles. The third kappa shape index (κ3) is 4.01. The number of rotatable bonds is 4. The van der Waals surface area contributed by atoms with Crippen molar-refractivity contribution < 1.29 is 23.5 Å². The van der Waals surface area contributed by atoms with Crippen LogP contribution in [0.3, 0.4) is 0 Å². The molecule has 0 radical (unpaired) electrons. The van der Waals surface area contributed by atoms with Crippen LogP contribution in [0.5, 0.6) is 0 Å². The first kappa shape index (κ1) is 19.9. The highest BCUT2D eigenvalue weighted by Crippen LogP contribution is 2.33. The second-order valence-corrected chi connectivity index (χ2v) is 7.61. The Balaban J connectivity index is 1.49. The zero-order chi connectivity index (χ0) is 21.1. The van der Waals surface area contributed by atoms with Crippen molar-refractivity contribution in [2.75, 3.05) is 32.8 Å². The summed E-state index contributed by atoms with van der Waals surface area (Å²) in [7, 11) is 0. The van der Waals surface area contributed by atoms with E-state index in [1.807, 2.05) is 0 Å². The average molecular weight is 423 g/mol.